The topological polar surface area (TPSA) is 50.1 Å². The van der Waals surface area contributed by atoms with Gasteiger partial charge in [-0.1, -0.05) is 18.2 Å². The fourth-order valence-corrected chi connectivity index (χ4v) is 3.30. The van der Waals surface area contributed by atoms with E-state index < -0.39 is 0 Å². The highest BCUT2D eigenvalue weighted by Crippen LogP contribution is 2.45. The standard InChI is InChI=1S/C13H19N3/c14-7-10-8-15-6-5-13(10)9-16-12-4-2-1-3-11(12)13/h1-4,10,15-16H,5-9,14H2. The van der Waals surface area contributed by atoms with Gasteiger partial charge in [0.1, 0.15) is 0 Å². The Morgan fingerprint density at radius 1 is 1.38 bits per heavy atom. The summed E-state index contributed by atoms with van der Waals surface area (Å²) in [7, 11) is 0. The van der Waals surface area contributed by atoms with Crippen LogP contribution < -0.4 is 16.4 Å². The van der Waals surface area contributed by atoms with Crippen molar-refractivity contribution in [3.05, 3.63) is 29.8 Å². The maximum absolute atomic E-state index is 5.95. The molecular formula is C13H19N3. The summed E-state index contributed by atoms with van der Waals surface area (Å²) in [6, 6.07) is 8.69. The lowest BCUT2D eigenvalue weighted by atomic mass is 9.67. The average Bonchev–Trinajstić information content (AvgIpc) is 2.71. The van der Waals surface area contributed by atoms with Crippen LogP contribution >= 0.6 is 0 Å². The molecule has 0 saturated carbocycles. The number of nitrogens with two attached hydrogens (primary N) is 1. The Kier molecular flexibility index (Phi) is 2.37. The summed E-state index contributed by atoms with van der Waals surface area (Å²) < 4.78 is 0. The van der Waals surface area contributed by atoms with Gasteiger partial charge in [-0.2, -0.15) is 0 Å². The molecule has 4 N–H and O–H groups in total. The molecule has 2 aliphatic heterocycles. The fraction of sp³-hybridized carbons (Fsp3) is 0.538. The molecule has 3 nitrogen and oxygen atoms in total. The molecule has 0 radical (unpaired) electrons. The first-order valence-electron chi connectivity index (χ1n) is 6.11. The summed E-state index contributed by atoms with van der Waals surface area (Å²) in [5, 5.41) is 7.00. The summed E-state index contributed by atoms with van der Waals surface area (Å²) in [6.45, 7) is 3.97. The number of anilines is 1. The zero-order chi connectivity index (χ0) is 11.0. The van der Waals surface area contributed by atoms with Crippen LogP contribution in [0.5, 0.6) is 0 Å². The van der Waals surface area contributed by atoms with Gasteiger partial charge in [-0.05, 0) is 37.1 Å². The lowest BCUT2D eigenvalue weighted by molar-refractivity contribution is 0.226. The molecule has 3 heteroatoms. The average molecular weight is 217 g/mol. The third kappa shape index (κ3) is 1.28. The van der Waals surface area contributed by atoms with Gasteiger partial charge < -0.3 is 16.4 Å². The Morgan fingerprint density at radius 2 is 2.25 bits per heavy atom. The molecule has 0 aromatic heterocycles. The Morgan fingerprint density at radius 3 is 3.12 bits per heavy atom. The van der Waals surface area contributed by atoms with Crippen LogP contribution in [-0.2, 0) is 5.41 Å². The van der Waals surface area contributed by atoms with E-state index in [1.807, 2.05) is 0 Å². The van der Waals surface area contributed by atoms with Crippen molar-refractivity contribution in [3.8, 4) is 0 Å². The third-order valence-electron chi connectivity index (χ3n) is 4.26. The van der Waals surface area contributed by atoms with Crippen LogP contribution in [0.3, 0.4) is 0 Å². The summed E-state index contributed by atoms with van der Waals surface area (Å²) in [6.07, 6.45) is 1.19. The van der Waals surface area contributed by atoms with Crippen molar-refractivity contribution in [3.63, 3.8) is 0 Å². The molecule has 1 aromatic rings. The van der Waals surface area contributed by atoms with Crippen LogP contribution in [0.15, 0.2) is 24.3 Å². The zero-order valence-corrected chi connectivity index (χ0v) is 9.50. The first-order chi connectivity index (χ1) is 7.87. The minimum absolute atomic E-state index is 0.274. The first kappa shape index (κ1) is 10.1. The number of rotatable bonds is 1. The molecule has 1 saturated heterocycles. The molecule has 2 atom stereocenters. The minimum Gasteiger partial charge on any atom is -0.384 e. The van der Waals surface area contributed by atoms with E-state index in [0.717, 1.165) is 26.2 Å². The smallest absolute Gasteiger partial charge is 0.0379 e. The highest BCUT2D eigenvalue weighted by atomic mass is 15.0. The molecule has 1 aromatic carbocycles. The summed E-state index contributed by atoms with van der Waals surface area (Å²) in [5.74, 6) is 0.553. The van der Waals surface area contributed by atoms with E-state index in [4.69, 9.17) is 5.73 Å². The summed E-state index contributed by atoms with van der Waals surface area (Å²) >= 11 is 0. The van der Waals surface area contributed by atoms with Gasteiger partial charge in [0.2, 0.25) is 0 Å². The Labute approximate surface area is 96.4 Å². The molecule has 0 amide bonds. The largest absolute Gasteiger partial charge is 0.384 e. The quantitative estimate of drug-likeness (QED) is 0.655. The molecule has 2 aliphatic rings. The second kappa shape index (κ2) is 3.75. The number of nitrogens with one attached hydrogen (secondary N) is 2. The SMILES string of the molecule is NCC1CNCCC12CNc1ccccc12. The normalized spacial score (nSPS) is 32.4. The highest BCUT2D eigenvalue weighted by molar-refractivity contribution is 5.61. The predicted molar refractivity (Wildman–Crippen MR) is 66.6 cm³/mol. The number of benzene rings is 1. The van der Waals surface area contributed by atoms with Crippen LogP contribution in [-0.4, -0.2) is 26.2 Å². The van der Waals surface area contributed by atoms with Crippen LogP contribution in [0, 0.1) is 5.92 Å². The lowest BCUT2D eigenvalue weighted by Gasteiger charge is -2.41. The van der Waals surface area contributed by atoms with Crippen molar-refractivity contribution in [1.29, 1.82) is 0 Å². The van der Waals surface area contributed by atoms with Crippen molar-refractivity contribution in [1.82, 2.24) is 5.32 Å². The number of hydrogen-bond acceptors (Lipinski definition) is 3. The highest BCUT2D eigenvalue weighted by Gasteiger charge is 2.45. The molecule has 1 fully saturated rings. The second-order valence-electron chi connectivity index (χ2n) is 4.94. The first-order valence-corrected chi connectivity index (χ1v) is 6.11. The van der Waals surface area contributed by atoms with E-state index in [1.165, 1.54) is 17.7 Å². The fourth-order valence-electron chi connectivity index (χ4n) is 3.30. The Hall–Kier alpha value is -1.06. The number of fused-ring (bicyclic) bond motifs is 2. The van der Waals surface area contributed by atoms with Gasteiger partial charge >= 0.3 is 0 Å². The maximum Gasteiger partial charge on any atom is 0.0379 e. The number of piperidine rings is 1. The van der Waals surface area contributed by atoms with Crippen LogP contribution in [0.1, 0.15) is 12.0 Å². The van der Waals surface area contributed by atoms with Crippen LogP contribution in [0.4, 0.5) is 5.69 Å². The van der Waals surface area contributed by atoms with E-state index in [2.05, 4.69) is 34.9 Å². The third-order valence-corrected chi connectivity index (χ3v) is 4.26. The van der Waals surface area contributed by atoms with E-state index in [9.17, 15) is 0 Å². The van der Waals surface area contributed by atoms with Gasteiger partial charge in [-0.25, -0.2) is 0 Å². The van der Waals surface area contributed by atoms with Gasteiger partial charge in [-0.3, -0.25) is 0 Å². The molecule has 0 aliphatic carbocycles. The lowest BCUT2D eigenvalue weighted by Crippen LogP contribution is -2.52. The van der Waals surface area contributed by atoms with E-state index >= 15 is 0 Å². The minimum atomic E-state index is 0.274. The molecule has 86 valence electrons. The molecule has 3 rings (SSSR count). The second-order valence-corrected chi connectivity index (χ2v) is 4.94. The van der Waals surface area contributed by atoms with Crippen molar-refractivity contribution in [2.24, 2.45) is 11.7 Å². The van der Waals surface area contributed by atoms with Crippen molar-refractivity contribution in [2.75, 3.05) is 31.5 Å². The van der Waals surface area contributed by atoms with E-state index in [-0.39, 0.29) is 5.41 Å². The summed E-state index contributed by atoms with van der Waals surface area (Å²) in [4.78, 5) is 0. The number of para-hydroxylation sites is 1. The molecule has 16 heavy (non-hydrogen) atoms. The van der Waals surface area contributed by atoms with Crippen molar-refractivity contribution < 1.29 is 0 Å². The molecule has 2 unspecified atom stereocenters. The van der Waals surface area contributed by atoms with Gasteiger partial charge in [0, 0.05) is 24.2 Å². The molecule has 0 bridgehead atoms. The van der Waals surface area contributed by atoms with Gasteiger partial charge in [0.25, 0.3) is 0 Å². The van der Waals surface area contributed by atoms with Crippen molar-refractivity contribution in [2.45, 2.75) is 11.8 Å². The molecular weight excluding hydrogens is 198 g/mol. The van der Waals surface area contributed by atoms with Crippen LogP contribution in [0.25, 0.3) is 0 Å². The Balaban J connectivity index is 2.05. The van der Waals surface area contributed by atoms with Gasteiger partial charge in [0.05, 0.1) is 0 Å². The zero-order valence-electron chi connectivity index (χ0n) is 9.50. The predicted octanol–water partition coefficient (Wildman–Crippen LogP) is 0.918. The summed E-state index contributed by atoms with van der Waals surface area (Å²) in [5.41, 5.74) is 9.01. The monoisotopic (exact) mass is 217 g/mol. The van der Waals surface area contributed by atoms with Gasteiger partial charge in [-0.15, -0.1) is 0 Å². The van der Waals surface area contributed by atoms with Crippen molar-refractivity contribution >= 4 is 5.69 Å². The number of hydrogen-bond donors (Lipinski definition) is 3. The van der Waals surface area contributed by atoms with Crippen LogP contribution in [0.2, 0.25) is 0 Å². The Bertz CT molecular complexity index is 387. The van der Waals surface area contributed by atoms with E-state index in [1.54, 1.807) is 0 Å². The maximum atomic E-state index is 5.95. The van der Waals surface area contributed by atoms with E-state index in [0.29, 0.717) is 5.92 Å². The molecule has 2 heterocycles. The molecule has 1 spiro atoms. The van der Waals surface area contributed by atoms with Gasteiger partial charge in [0.15, 0.2) is 0 Å².